The minimum absolute atomic E-state index is 0.179. The smallest absolute Gasteiger partial charge is 0.341 e. The van der Waals surface area contributed by atoms with Gasteiger partial charge in [0.05, 0.1) is 13.7 Å². The number of anilines is 1. The zero-order valence-corrected chi connectivity index (χ0v) is 15.4. The number of esters is 1. The molecule has 0 atom stereocenters. The van der Waals surface area contributed by atoms with Gasteiger partial charge in [0.15, 0.2) is 0 Å². The zero-order valence-electron chi connectivity index (χ0n) is 15.4. The van der Waals surface area contributed by atoms with E-state index >= 15 is 0 Å². The Kier molecular flexibility index (Phi) is 6.42. The molecule has 6 nitrogen and oxygen atoms in total. The van der Waals surface area contributed by atoms with Crippen molar-refractivity contribution in [1.29, 1.82) is 0 Å². The van der Waals surface area contributed by atoms with Gasteiger partial charge in [-0.05, 0) is 56.7 Å². The highest BCUT2D eigenvalue weighted by molar-refractivity contribution is 5.99. The molecule has 0 aromatic heterocycles. The summed E-state index contributed by atoms with van der Waals surface area (Å²) in [5, 5.41) is 2.88. The van der Waals surface area contributed by atoms with Crippen LogP contribution in [0.15, 0.2) is 18.2 Å². The number of methoxy groups -OCH3 is 2. The predicted molar refractivity (Wildman–Crippen MR) is 95.0 cm³/mol. The molecular weight excluding hydrogens is 322 g/mol. The van der Waals surface area contributed by atoms with E-state index in [2.05, 4.69) is 12.2 Å². The number of carbonyl (C=O) groups is 2. The maximum absolute atomic E-state index is 12.8. The Morgan fingerprint density at radius 1 is 1.24 bits per heavy atom. The normalized spacial score (nSPS) is 23.0. The van der Waals surface area contributed by atoms with Gasteiger partial charge in [0.2, 0.25) is 0 Å². The van der Waals surface area contributed by atoms with E-state index < -0.39 is 11.6 Å². The fourth-order valence-electron chi connectivity index (χ4n) is 3.16. The van der Waals surface area contributed by atoms with Crippen molar-refractivity contribution in [3.63, 3.8) is 0 Å². The van der Waals surface area contributed by atoms with Crippen molar-refractivity contribution in [3.05, 3.63) is 23.8 Å². The Morgan fingerprint density at radius 2 is 1.92 bits per heavy atom. The van der Waals surface area contributed by atoms with Gasteiger partial charge in [0.1, 0.15) is 16.9 Å². The Bertz CT molecular complexity index is 620. The number of hydrogen-bond acceptors (Lipinski definition) is 5. The van der Waals surface area contributed by atoms with Crippen LogP contribution in [-0.2, 0) is 14.3 Å². The van der Waals surface area contributed by atoms with E-state index in [9.17, 15) is 9.59 Å². The lowest BCUT2D eigenvalue weighted by Crippen LogP contribution is -2.47. The van der Waals surface area contributed by atoms with Gasteiger partial charge in [-0.2, -0.15) is 0 Å². The SMILES string of the molecule is CCOc1ccc(NC(=O)C2(OC)CCC(C)CC2)cc1C(=O)OC. The number of rotatable bonds is 6. The van der Waals surface area contributed by atoms with Gasteiger partial charge in [-0.3, -0.25) is 4.79 Å². The summed E-state index contributed by atoms with van der Waals surface area (Å²) in [6.07, 6.45) is 3.30. The van der Waals surface area contributed by atoms with Gasteiger partial charge in [0.25, 0.3) is 5.91 Å². The molecule has 1 saturated carbocycles. The van der Waals surface area contributed by atoms with E-state index in [0.29, 0.717) is 36.8 Å². The van der Waals surface area contributed by atoms with Crippen LogP contribution < -0.4 is 10.1 Å². The number of hydrogen-bond donors (Lipinski definition) is 1. The third-order valence-electron chi connectivity index (χ3n) is 4.83. The first-order valence-electron chi connectivity index (χ1n) is 8.67. The summed E-state index contributed by atoms with van der Waals surface area (Å²) in [5.41, 5.74) is -0.00827. The molecule has 1 fully saturated rings. The topological polar surface area (TPSA) is 73.9 Å². The van der Waals surface area contributed by atoms with Crippen molar-refractivity contribution in [1.82, 2.24) is 0 Å². The van der Waals surface area contributed by atoms with Crippen molar-refractivity contribution in [3.8, 4) is 5.75 Å². The molecule has 0 spiro atoms. The molecular formula is C19H27NO5. The van der Waals surface area contributed by atoms with E-state index in [1.165, 1.54) is 7.11 Å². The number of amides is 1. The molecule has 0 bridgehead atoms. The highest BCUT2D eigenvalue weighted by Crippen LogP contribution is 2.35. The third-order valence-corrected chi connectivity index (χ3v) is 4.83. The van der Waals surface area contributed by atoms with Crippen LogP contribution in [0.1, 0.15) is 49.9 Å². The van der Waals surface area contributed by atoms with E-state index in [1.807, 2.05) is 6.92 Å². The van der Waals surface area contributed by atoms with Gasteiger partial charge in [-0.15, -0.1) is 0 Å². The minimum atomic E-state index is -0.809. The second kappa shape index (κ2) is 8.34. The molecule has 1 N–H and O–H groups in total. The highest BCUT2D eigenvalue weighted by Gasteiger charge is 2.41. The first-order valence-corrected chi connectivity index (χ1v) is 8.67. The molecule has 6 heteroatoms. The average molecular weight is 349 g/mol. The number of carbonyl (C=O) groups excluding carboxylic acids is 2. The number of benzene rings is 1. The molecule has 1 amide bonds. The summed E-state index contributed by atoms with van der Waals surface area (Å²) < 4.78 is 15.8. The molecule has 0 saturated heterocycles. The second-order valence-corrected chi connectivity index (χ2v) is 6.47. The summed E-state index contributed by atoms with van der Waals surface area (Å²) in [6, 6.07) is 4.95. The standard InChI is InChI=1S/C19H27NO5/c1-5-25-16-7-6-14(12-15(16)17(21)23-3)20-18(22)19(24-4)10-8-13(2)9-11-19/h6-7,12-13H,5,8-11H2,1-4H3,(H,20,22). The van der Waals surface area contributed by atoms with Crippen molar-refractivity contribution in [2.75, 3.05) is 26.1 Å². The number of nitrogens with one attached hydrogen (secondary N) is 1. The van der Waals surface area contributed by atoms with E-state index in [-0.39, 0.29) is 11.5 Å². The van der Waals surface area contributed by atoms with Crippen LogP contribution in [0.3, 0.4) is 0 Å². The molecule has 1 aliphatic rings. The van der Waals surface area contributed by atoms with Crippen LogP contribution in [0, 0.1) is 5.92 Å². The maximum Gasteiger partial charge on any atom is 0.341 e. The monoisotopic (exact) mass is 349 g/mol. The first kappa shape index (κ1) is 19.2. The molecule has 0 heterocycles. The Balaban J connectivity index is 2.21. The lowest BCUT2D eigenvalue weighted by molar-refractivity contribution is -0.142. The summed E-state index contributed by atoms with van der Waals surface area (Å²) in [5.74, 6) is 0.349. The summed E-state index contributed by atoms with van der Waals surface area (Å²) in [7, 11) is 2.89. The molecule has 25 heavy (non-hydrogen) atoms. The van der Waals surface area contributed by atoms with Crippen molar-refractivity contribution in [2.45, 2.75) is 45.1 Å². The first-order chi connectivity index (χ1) is 12.0. The van der Waals surface area contributed by atoms with Crippen LogP contribution in [0.2, 0.25) is 0 Å². The van der Waals surface area contributed by atoms with E-state index in [0.717, 1.165) is 12.8 Å². The van der Waals surface area contributed by atoms with Crippen molar-refractivity contribution < 1.29 is 23.8 Å². The Morgan fingerprint density at radius 3 is 2.48 bits per heavy atom. The third kappa shape index (κ3) is 4.31. The maximum atomic E-state index is 12.8. The average Bonchev–Trinajstić information content (AvgIpc) is 2.63. The van der Waals surface area contributed by atoms with Crippen LogP contribution in [-0.4, -0.2) is 38.3 Å². The molecule has 0 unspecified atom stereocenters. The predicted octanol–water partition coefficient (Wildman–Crippen LogP) is 3.41. The van der Waals surface area contributed by atoms with Crippen LogP contribution >= 0.6 is 0 Å². The van der Waals surface area contributed by atoms with E-state index in [1.54, 1.807) is 25.3 Å². The van der Waals surface area contributed by atoms with Gasteiger partial charge >= 0.3 is 5.97 Å². The summed E-state index contributed by atoms with van der Waals surface area (Å²) in [6.45, 7) is 4.45. The summed E-state index contributed by atoms with van der Waals surface area (Å²) >= 11 is 0. The van der Waals surface area contributed by atoms with Crippen LogP contribution in [0.4, 0.5) is 5.69 Å². The van der Waals surface area contributed by atoms with Gasteiger partial charge in [-0.1, -0.05) is 6.92 Å². The molecule has 1 aromatic rings. The second-order valence-electron chi connectivity index (χ2n) is 6.47. The fourth-order valence-corrected chi connectivity index (χ4v) is 3.16. The number of ether oxygens (including phenoxy) is 3. The van der Waals surface area contributed by atoms with Gasteiger partial charge < -0.3 is 19.5 Å². The van der Waals surface area contributed by atoms with Gasteiger partial charge in [0, 0.05) is 12.8 Å². The molecule has 0 radical (unpaired) electrons. The van der Waals surface area contributed by atoms with E-state index in [4.69, 9.17) is 14.2 Å². The van der Waals surface area contributed by atoms with Crippen molar-refractivity contribution in [2.24, 2.45) is 5.92 Å². The molecule has 2 rings (SSSR count). The van der Waals surface area contributed by atoms with Gasteiger partial charge in [-0.25, -0.2) is 4.79 Å². The van der Waals surface area contributed by atoms with Crippen LogP contribution in [0.5, 0.6) is 5.75 Å². The Hall–Kier alpha value is -2.08. The molecule has 1 aromatic carbocycles. The highest BCUT2D eigenvalue weighted by atomic mass is 16.5. The molecule has 1 aliphatic carbocycles. The lowest BCUT2D eigenvalue weighted by Gasteiger charge is -2.36. The zero-order chi connectivity index (χ0) is 18.4. The minimum Gasteiger partial charge on any atom is -0.493 e. The quantitative estimate of drug-likeness (QED) is 0.797. The van der Waals surface area contributed by atoms with Crippen molar-refractivity contribution >= 4 is 17.6 Å². The molecule has 0 aliphatic heterocycles. The fraction of sp³-hybridized carbons (Fsp3) is 0.579. The largest absolute Gasteiger partial charge is 0.493 e. The van der Waals surface area contributed by atoms with Crippen LogP contribution in [0.25, 0.3) is 0 Å². The Labute approximate surface area is 148 Å². The lowest BCUT2D eigenvalue weighted by atomic mass is 9.79. The molecule has 138 valence electrons. The summed E-state index contributed by atoms with van der Waals surface area (Å²) in [4.78, 5) is 24.8.